The predicted octanol–water partition coefficient (Wildman–Crippen LogP) is 6.22. The molecule has 0 N–H and O–H groups in total. The molecule has 0 aromatic carbocycles. The molecular weight excluding hydrogens is 204 g/mol. The summed E-state index contributed by atoms with van der Waals surface area (Å²) in [4.78, 5) is 0. The van der Waals surface area contributed by atoms with E-state index in [4.69, 9.17) is 0 Å². The molecule has 0 nitrogen and oxygen atoms in total. The molecule has 0 saturated carbocycles. The first-order valence-corrected chi connectivity index (χ1v) is 7.08. The molecule has 0 aliphatic carbocycles. The molecule has 0 amide bonds. The summed E-state index contributed by atoms with van der Waals surface area (Å²) in [6.07, 6.45) is 5.13. The van der Waals surface area contributed by atoms with Crippen molar-refractivity contribution >= 4 is 0 Å². The smallest absolute Gasteiger partial charge is 0.0145 e. The second-order valence-corrected chi connectivity index (χ2v) is 8.10. The molecule has 0 atom stereocenters. The molecule has 0 heteroatoms. The van der Waals surface area contributed by atoms with Crippen LogP contribution in [0.2, 0.25) is 0 Å². The molecule has 0 radical (unpaired) electrons. The molecule has 0 heterocycles. The Kier molecular flexibility index (Phi) is 5.50. The van der Waals surface area contributed by atoms with Gasteiger partial charge in [-0.3, -0.25) is 0 Å². The van der Waals surface area contributed by atoms with Gasteiger partial charge in [0.25, 0.3) is 0 Å². The minimum absolute atomic E-state index is 0.256. The molecule has 0 aromatic heterocycles. The van der Waals surface area contributed by atoms with Crippen LogP contribution in [-0.4, -0.2) is 0 Å². The fourth-order valence-corrected chi connectivity index (χ4v) is 3.47. The highest BCUT2D eigenvalue weighted by Crippen LogP contribution is 2.45. The first kappa shape index (κ1) is 16.7. The number of hydrogen-bond donors (Lipinski definition) is 0. The quantitative estimate of drug-likeness (QED) is 0.462. The summed E-state index contributed by atoms with van der Waals surface area (Å²) in [5.41, 5.74) is 2.41. The fraction of sp³-hybridized carbons (Fsp3) is 0.882. The predicted molar refractivity (Wildman–Crippen MR) is 80.3 cm³/mol. The van der Waals surface area contributed by atoms with E-state index in [2.05, 4.69) is 62.0 Å². The molecule has 0 bridgehead atoms. The van der Waals surface area contributed by atoms with Gasteiger partial charge in [-0.05, 0) is 42.4 Å². The Morgan fingerprint density at radius 3 is 1.71 bits per heavy atom. The highest BCUT2D eigenvalue weighted by atomic mass is 14.4. The molecule has 0 rings (SSSR count). The Morgan fingerprint density at radius 1 is 0.882 bits per heavy atom. The van der Waals surface area contributed by atoms with Crippen LogP contribution < -0.4 is 0 Å². The van der Waals surface area contributed by atoms with Gasteiger partial charge in [0.05, 0.1) is 0 Å². The second-order valence-electron chi connectivity index (χ2n) is 8.10. The van der Waals surface area contributed by atoms with Gasteiger partial charge in [0.2, 0.25) is 0 Å². The van der Waals surface area contributed by atoms with Crippen molar-refractivity contribution in [2.45, 2.75) is 81.1 Å². The summed E-state index contributed by atoms with van der Waals surface area (Å²) in [6.45, 7) is 22.9. The Balaban J connectivity index is 4.64. The monoisotopic (exact) mass is 238 g/mol. The normalized spacial score (nSPS) is 13.9. The van der Waals surface area contributed by atoms with Crippen LogP contribution in [0.1, 0.15) is 81.1 Å². The highest BCUT2D eigenvalue weighted by molar-refractivity contribution is 5.05. The first-order chi connectivity index (χ1) is 7.42. The maximum Gasteiger partial charge on any atom is -0.0145 e. The van der Waals surface area contributed by atoms with Crippen molar-refractivity contribution in [3.05, 3.63) is 12.2 Å². The highest BCUT2D eigenvalue weighted by Gasteiger charge is 2.33. The molecular formula is C17H34. The van der Waals surface area contributed by atoms with E-state index in [9.17, 15) is 0 Å². The summed E-state index contributed by atoms with van der Waals surface area (Å²) in [7, 11) is 0. The van der Waals surface area contributed by atoms with Crippen molar-refractivity contribution in [3.63, 3.8) is 0 Å². The van der Waals surface area contributed by atoms with Gasteiger partial charge in [-0.15, -0.1) is 0 Å². The minimum atomic E-state index is 0.256. The van der Waals surface area contributed by atoms with Crippen molar-refractivity contribution in [1.82, 2.24) is 0 Å². The van der Waals surface area contributed by atoms with Crippen LogP contribution >= 0.6 is 0 Å². The fourth-order valence-electron chi connectivity index (χ4n) is 3.47. The van der Waals surface area contributed by atoms with E-state index < -0.39 is 0 Å². The zero-order valence-electron chi connectivity index (χ0n) is 13.5. The maximum atomic E-state index is 4.14. The largest absolute Gasteiger partial charge is 0.0996 e. The number of rotatable bonds is 7. The molecule has 0 aliphatic heterocycles. The molecule has 17 heavy (non-hydrogen) atoms. The third kappa shape index (κ3) is 6.29. The van der Waals surface area contributed by atoms with Gasteiger partial charge in [-0.1, -0.05) is 67.0 Å². The summed E-state index contributed by atoms with van der Waals surface area (Å²) in [6, 6.07) is 0. The van der Waals surface area contributed by atoms with Gasteiger partial charge >= 0.3 is 0 Å². The second kappa shape index (κ2) is 5.59. The van der Waals surface area contributed by atoms with Gasteiger partial charge in [0.15, 0.2) is 0 Å². The van der Waals surface area contributed by atoms with Crippen LogP contribution in [0.4, 0.5) is 0 Å². The van der Waals surface area contributed by atoms with Crippen molar-refractivity contribution in [3.8, 4) is 0 Å². The summed E-state index contributed by atoms with van der Waals surface area (Å²) < 4.78 is 0. The first-order valence-electron chi connectivity index (χ1n) is 7.08. The van der Waals surface area contributed by atoms with Gasteiger partial charge in [-0.25, -0.2) is 0 Å². The molecule has 0 aliphatic rings. The van der Waals surface area contributed by atoms with E-state index in [-0.39, 0.29) is 5.41 Å². The van der Waals surface area contributed by atoms with Gasteiger partial charge in [0.1, 0.15) is 0 Å². The summed E-state index contributed by atoms with van der Waals surface area (Å²) >= 11 is 0. The van der Waals surface area contributed by atoms with E-state index in [1.165, 1.54) is 31.3 Å². The molecule has 0 fully saturated rings. The lowest BCUT2D eigenvalue weighted by Crippen LogP contribution is -2.29. The summed E-state index contributed by atoms with van der Waals surface area (Å²) in [5, 5.41) is 0. The van der Waals surface area contributed by atoms with Crippen molar-refractivity contribution in [1.29, 1.82) is 0 Å². The molecule has 0 saturated heterocycles. The Labute approximate surface area is 110 Å². The zero-order chi connectivity index (χ0) is 13.9. The summed E-state index contributed by atoms with van der Waals surface area (Å²) in [5.74, 6) is 0. The third-order valence-corrected chi connectivity index (χ3v) is 3.96. The van der Waals surface area contributed by atoms with Crippen LogP contribution in [0.15, 0.2) is 12.2 Å². The van der Waals surface area contributed by atoms with Crippen LogP contribution in [-0.2, 0) is 0 Å². The van der Waals surface area contributed by atoms with E-state index in [1.54, 1.807) is 0 Å². The van der Waals surface area contributed by atoms with Gasteiger partial charge in [0, 0.05) is 0 Å². The Morgan fingerprint density at radius 2 is 1.35 bits per heavy atom. The lowest BCUT2D eigenvalue weighted by atomic mass is 9.65. The van der Waals surface area contributed by atoms with Crippen molar-refractivity contribution in [2.75, 3.05) is 0 Å². The lowest BCUT2D eigenvalue weighted by molar-refractivity contribution is 0.133. The van der Waals surface area contributed by atoms with Crippen molar-refractivity contribution < 1.29 is 0 Å². The van der Waals surface area contributed by atoms with E-state index in [1.807, 2.05) is 0 Å². The topological polar surface area (TPSA) is 0 Å². The maximum absolute atomic E-state index is 4.14. The average molecular weight is 238 g/mol. The van der Waals surface area contributed by atoms with Crippen LogP contribution in [0, 0.1) is 16.2 Å². The molecule has 0 spiro atoms. The minimum Gasteiger partial charge on any atom is -0.0996 e. The molecule has 0 unspecified atom stereocenters. The Bertz CT molecular complexity index is 253. The number of hydrogen-bond acceptors (Lipinski definition) is 0. The lowest BCUT2D eigenvalue weighted by Gasteiger charge is -2.40. The van der Waals surface area contributed by atoms with E-state index in [0.29, 0.717) is 10.8 Å². The zero-order valence-corrected chi connectivity index (χ0v) is 13.5. The molecule has 102 valence electrons. The Hall–Kier alpha value is -0.260. The van der Waals surface area contributed by atoms with Crippen LogP contribution in [0.5, 0.6) is 0 Å². The molecule has 0 aromatic rings. The SMILES string of the molecule is C=C(C)C(C)(C)CC(C)(C)CC(C)(C)CCC. The third-order valence-electron chi connectivity index (χ3n) is 3.96. The van der Waals surface area contributed by atoms with Crippen LogP contribution in [0.3, 0.4) is 0 Å². The van der Waals surface area contributed by atoms with Gasteiger partial charge < -0.3 is 0 Å². The standard InChI is InChI=1S/C17H34/c1-10-11-15(4,5)12-16(6,7)13-17(8,9)14(2)3/h2,10-13H2,1,3-9H3. The van der Waals surface area contributed by atoms with E-state index in [0.717, 1.165) is 0 Å². The van der Waals surface area contributed by atoms with Crippen LogP contribution in [0.25, 0.3) is 0 Å². The van der Waals surface area contributed by atoms with Crippen molar-refractivity contribution in [2.24, 2.45) is 16.2 Å². The number of allylic oxidation sites excluding steroid dienone is 1. The van der Waals surface area contributed by atoms with E-state index >= 15 is 0 Å². The van der Waals surface area contributed by atoms with Gasteiger partial charge in [-0.2, -0.15) is 0 Å². The average Bonchev–Trinajstić information content (AvgIpc) is 1.97.